The maximum absolute atomic E-state index is 13.3. The number of hydrogen-bond donors (Lipinski definition) is 0. The van der Waals surface area contributed by atoms with Crippen molar-refractivity contribution in [2.75, 3.05) is 39.6 Å². The van der Waals surface area contributed by atoms with Gasteiger partial charge in [-0.2, -0.15) is 0 Å². The molecular weight excluding hydrogens is 652 g/mol. The fraction of sp³-hybridized carbons (Fsp3) is 0.278. The highest BCUT2D eigenvalue weighted by atomic mass is 16.8. The number of carbonyl (C=O) groups is 4. The zero-order valence-electron chi connectivity index (χ0n) is 26.6. The predicted molar refractivity (Wildman–Crippen MR) is 170 cm³/mol. The van der Waals surface area contributed by atoms with E-state index in [4.69, 9.17) is 37.9 Å². The molecule has 0 amide bonds. The second-order valence-corrected chi connectivity index (χ2v) is 11.5. The van der Waals surface area contributed by atoms with Crippen LogP contribution < -0.4 is 14.2 Å². The van der Waals surface area contributed by atoms with Crippen molar-refractivity contribution in [1.29, 1.82) is 0 Å². The lowest BCUT2D eigenvalue weighted by Gasteiger charge is -2.57. The van der Waals surface area contributed by atoms with Crippen LogP contribution in [0.25, 0.3) is 0 Å². The van der Waals surface area contributed by atoms with Gasteiger partial charge in [0, 0.05) is 50.0 Å². The van der Waals surface area contributed by atoms with E-state index >= 15 is 0 Å². The average molecular weight is 685 g/mol. The zero-order chi connectivity index (χ0) is 34.6. The number of rotatable bonds is 10. The van der Waals surface area contributed by atoms with Crippen molar-refractivity contribution in [2.45, 2.75) is 24.5 Å². The Bertz CT molecular complexity index is 1770. The Labute approximate surface area is 286 Å². The van der Waals surface area contributed by atoms with Gasteiger partial charge in [0.25, 0.3) is 0 Å². The Morgan fingerprint density at radius 2 is 1.28 bits per heavy atom. The summed E-state index contributed by atoms with van der Waals surface area (Å²) >= 11 is 0. The summed E-state index contributed by atoms with van der Waals surface area (Å²) in [6.07, 6.45) is 3.52. The Kier molecular flexibility index (Phi) is 9.21. The van der Waals surface area contributed by atoms with Crippen molar-refractivity contribution < 1.29 is 57.1 Å². The number of benzene rings is 3. The van der Waals surface area contributed by atoms with Crippen molar-refractivity contribution in [3.05, 3.63) is 114 Å². The molecule has 0 radical (unpaired) electrons. The predicted octanol–water partition coefficient (Wildman–Crippen LogP) is 2.99. The van der Waals surface area contributed by atoms with Gasteiger partial charge in [0.05, 0.1) is 19.3 Å². The third-order valence-electron chi connectivity index (χ3n) is 8.39. The van der Waals surface area contributed by atoms with E-state index in [9.17, 15) is 19.2 Å². The van der Waals surface area contributed by atoms with Gasteiger partial charge < -0.3 is 37.9 Å². The molecule has 1 atom stereocenters. The minimum atomic E-state index is -2.67. The molecule has 14 heteroatoms. The van der Waals surface area contributed by atoms with Crippen LogP contribution in [0.2, 0.25) is 0 Å². The molecule has 50 heavy (non-hydrogen) atoms. The van der Waals surface area contributed by atoms with Crippen LogP contribution in [0.4, 0.5) is 0 Å². The van der Waals surface area contributed by atoms with Gasteiger partial charge in [-0.1, -0.05) is 60.7 Å². The Hall–Kier alpha value is -5.70. The molecule has 0 N–H and O–H groups in total. The summed E-state index contributed by atoms with van der Waals surface area (Å²) in [4.78, 5) is 56.1. The number of esters is 4. The Morgan fingerprint density at radius 1 is 0.680 bits per heavy atom. The van der Waals surface area contributed by atoms with Crippen molar-refractivity contribution in [1.82, 2.24) is 9.80 Å². The smallest absolute Gasteiger partial charge is 0.420 e. The van der Waals surface area contributed by atoms with Gasteiger partial charge in [0.15, 0.2) is 11.5 Å². The van der Waals surface area contributed by atoms with Crippen molar-refractivity contribution in [2.24, 2.45) is 0 Å². The summed E-state index contributed by atoms with van der Waals surface area (Å²) in [5, 5.41) is 0. The van der Waals surface area contributed by atoms with Crippen LogP contribution in [0.3, 0.4) is 0 Å². The van der Waals surface area contributed by atoms with E-state index in [1.807, 2.05) is 60.7 Å². The number of carbonyl (C=O) groups excluding carboxylic acids is 4. The molecule has 0 saturated carbocycles. The molecule has 0 aromatic heterocycles. The molecule has 3 aromatic carbocycles. The monoisotopic (exact) mass is 684 g/mol. The van der Waals surface area contributed by atoms with Crippen LogP contribution in [-0.4, -0.2) is 85.1 Å². The van der Waals surface area contributed by atoms with Gasteiger partial charge >= 0.3 is 35.7 Å². The molecular formula is C36H32N2O12. The van der Waals surface area contributed by atoms with Gasteiger partial charge in [-0.3, -0.25) is 0 Å². The first-order chi connectivity index (χ1) is 24.3. The lowest BCUT2D eigenvalue weighted by atomic mass is 10.0. The van der Waals surface area contributed by atoms with Gasteiger partial charge in [-0.25, -0.2) is 29.0 Å². The summed E-state index contributed by atoms with van der Waals surface area (Å²) in [5.74, 6) is -7.84. The fourth-order valence-electron chi connectivity index (χ4n) is 6.17. The van der Waals surface area contributed by atoms with Gasteiger partial charge in [0.2, 0.25) is 6.79 Å². The highest BCUT2D eigenvalue weighted by Crippen LogP contribution is 2.47. The van der Waals surface area contributed by atoms with Crippen LogP contribution in [0.15, 0.2) is 103 Å². The first kappa shape index (κ1) is 32.8. The maximum Gasteiger partial charge on any atom is 0.420 e. The Balaban J connectivity index is 1.28. The molecule has 258 valence electrons. The first-order valence-corrected chi connectivity index (χ1v) is 15.8. The van der Waals surface area contributed by atoms with Gasteiger partial charge in [-0.05, 0) is 23.3 Å². The number of ether oxygens (including phenoxy) is 8. The van der Waals surface area contributed by atoms with Crippen LogP contribution in [0, 0.1) is 0 Å². The van der Waals surface area contributed by atoms with Gasteiger partial charge in [0.1, 0.15) is 12.4 Å². The fourth-order valence-corrected chi connectivity index (χ4v) is 6.17. The van der Waals surface area contributed by atoms with Crippen LogP contribution in [-0.2, 0) is 49.5 Å². The number of piperazine rings is 1. The molecule has 0 unspecified atom stereocenters. The van der Waals surface area contributed by atoms with E-state index < -0.39 is 41.7 Å². The third kappa shape index (κ3) is 6.51. The van der Waals surface area contributed by atoms with Crippen molar-refractivity contribution in [3.63, 3.8) is 0 Å². The minimum absolute atomic E-state index is 0.00731. The van der Waals surface area contributed by atoms with Crippen molar-refractivity contribution >= 4 is 23.9 Å². The van der Waals surface area contributed by atoms with Crippen LogP contribution >= 0.6 is 0 Å². The lowest BCUT2D eigenvalue weighted by Crippen LogP contribution is -2.81. The van der Waals surface area contributed by atoms with E-state index in [-0.39, 0.29) is 46.2 Å². The zero-order valence-corrected chi connectivity index (χ0v) is 26.6. The molecule has 7 rings (SSSR count). The lowest BCUT2D eigenvalue weighted by molar-refractivity contribution is -0.468. The van der Waals surface area contributed by atoms with E-state index in [1.165, 1.54) is 9.80 Å². The summed E-state index contributed by atoms with van der Waals surface area (Å²) in [7, 11) is 0. The first-order valence-electron chi connectivity index (χ1n) is 15.8. The summed E-state index contributed by atoms with van der Waals surface area (Å²) in [5.41, 5.74) is 1.59. The molecule has 2 spiro atoms. The number of nitrogens with zero attached hydrogens (tertiary/aromatic N) is 2. The topological polar surface area (TPSA) is 149 Å². The maximum atomic E-state index is 13.3. The van der Waals surface area contributed by atoms with E-state index in [2.05, 4.69) is 0 Å². The second-order valence-electron chi connectivity index (χ2n) is 11.5. The standard InChI is InChI=1S/C36H32N2O12/c39-31-13-14-32(40)48-35(47-31)36(49-33(41)15-16-34(42)50-36)38(18-17-37(35)19-20-44-27-11-12-29-30(21-27)46-24-45-29)28(26-9-5-2-6-10-26)23-43-22-25-7-3-1-4-8-25/h1-16,21,28H,17-20,22-24H2/t28-/m0/s1. The summed E-state index contributed by atoms with van der Waals surface area (Å²) in [6, 6.07) is 22.9. The summed E-state index contributed by atoms with van der Waals surface area (Å²) in [6.45, 7) is 0.309. The van der Waals surface area contributed by atoms with Gasteiger partial charge in [-0.15, -0.1) is 0 Å². The third-order valence-corrected chi connectivity index (χ3v) is 8.39. The highest BCUT2D eigenvalue weighted by molar-refractivity contribution is 5.95. The molecule has 0 aliphatic carbocycles. The molecule has 4 aliphatic rings. The SMILES string of the molecule is O=C1C=CC(=O)OC2(O1)N(CCOc1ccc3c(c1)OCO3)CCN([C@@H](COCc1ccccc1)c1ccccc1)C21OC(=O)C=CC(=O)O1. The molecule has 4 heterocycles. The quantitative estimate of drug-likeness (QED) is 0.288. The Morgan fingerprint density at radius 3 is 1.94 bits per heavy atom. The van der Waals surface area contributed by atoms with E-state index in [0.29, 0.717) is 22.8 Å². The average Bonchev–Trinajstić information content (AvgIpc) is 3.46. The van der Waals surface area contributed by atoms with Crippen molar-refractivity contribution in [3.8, 4) is 17.2 Å². The molecule has 3 aromatic rings. The molecule has 1 saturated heterocycles. The molecule has 0 bridgehead atoms. The number of fused-ring (bicyclic) bond motifs is 2. The van der Waals surface area contributed by atoms with Crippen LogP contribution in [0.1, 0.15) is 17.2 Å². The van der Waals surface area contributed by atoms with Crippen LogP contribution in [0.5, 0.6) is 17.2 Å². The molecule has 1 fully saturated rings. The van der Waals surface area contributed by atoms with E-state index in [0.717, 1.165) is 29.9 Å². The normalized spacial score (nSPS) is 20.0. The second kappa shape index (κ2) is 14.0. The summed E-state index contributed by atoms with van der Waals surface area (Å²) < 4.78 is 46.8. The highest BCUT2D eigenvalue weighted by Gasteiger charge is 2.75. The number of hydrogen-bond acceptors (Lipinski definition) is 14. The molecule has 4 aliphatic heterocycles. The molecule has 14 nitrogen and oxygen atoms in total. The minimum Gasteiger partial charge on any atom is -0.492 e. The van der Waals surface area contributed by atoms with E-state index in [1.54, 1.807) is 18.2 Å². The largest absolute Gasteiger partial charge is 0.492 e.